The Morgan fingerprint density at radius 3 is 2.25 bits per heavy atom. The van der Waals surface area contributed by atoms with E-state index >= 15 is 0 Å². The first-order valence-corrected chi connectivity index (χ1v) is 6.39. The average molecular weight is 342 g/mol. The van der Waals surface area contributed by atoms with E-state index in [2.05, 4.69) is 25.8 Å². The van der Waals surface area contributed by atoms with Gasteiger partial charge in [0, 0.05) is 0 Å². The van der Waals surface area contributed by atoms with E-state index in [4.69, 9.17) is 0 Å². The standard InChI is InChI=1S/C13H7F5N6/c1-5-20-22-8-3-2-7(23-24(5)8)21-19-4-6-9(14)11(16)13(18)12(17)10(6)15/h2-4H,1H3,(H,21,23)/b19-4+. The lowest BCUT2D eigenvalue weighted by molar-refractivity contribution is 0.377. The summed E-state index contributed by atoms with van der Waals surface area (Å²) >= 11 is 0. The molecule has 1 N–H and O–H groups in total. The first kappa shape index (κ1) is 15.8. The van der Waals surface area contributed by atoms with E-state index in [0.717, 1.165) is 0 Å². The Balaban J connectivity index is 1.90. The Morgan fingerprint density at radius 1 is 0.958 bits per heavy atom. The van der Waals surface area contributed by atoms with Crippen molar-refractivity contribution >= 4 is 17.7 Å². The quantitative estimate of drug-likeness (QED) is 0.261. The van der Waals surface area contributed by atoms with Crippen molar-refractivity contribution < 1.29 is 22.0 Å². The van der Waals surface area contributed by atoms with E-state index in [9.17, 15) is 22.0 Å². The van der Waals surface area contributed by atoms with Crippen LogP contribution in [0.4, 0.5) is 27.8 Å². The van der Waals surface area contributed by atoms with Gasteiger partial charge in [0.25, 0.3) is 0 Å². The fourth-order valence-electron chi connectivity index (χ4n) is 1.85. The Morgan fingerprint density at radius 2 is 1.58 bits per heavy atom. The molecule has 0 saturated carbocycles. The maximum absolute atomic E-state index is 13.5. The highest BCUT2D eigenvalue weighted by molar-refractivity contribution is 5.81. The smallest absolute Gasteiger partial charge is 0.200 e. The predicted molar refractivity (Wildman–Crippen MR) is 73.0 cm³/mol. The van der Waals surface area contributed by atoms with Gasteiger partial charge in [0.15, 0.2) is 40.6 Å². The first-order chi connectivity index (χ1) is 11.4. The van der Waals surface area contributed by atoms with Crippen LogP contribution in [0.15, 0.2) is 17.2 Å². The average Bonchev–Trinajstić information content (AvgIpc) is 2.95. The fraction of sp³-hybridized carbons (Fsp3) is 0.0769. The summed E-state index contributed by atoms with van der Waals surface area (Å²) in [4.78, 5) is 0. The molecular weight excluding hydrogens is 335 g/mol. The molecule has 0 unspecified atom stereocenters. The minimum atomic E-state index is -2.23. The van der Waals surface area contributed by atoms with Gasteiger partial charge >= 0.3 is 0 Å². The number of aryl methyl sites for hydroxylation is 1. The number of benzene rings is 1. The van der Waals surface area contributed by atoms with Crippen molar-refractivity contribution in [3.05, 3.63) is 52.6 Å². The number of hydrazone groups is 1. The molecule has 11 heteroatoms. The molecule has 0 spiro atoms. The van der Waals surface area contributed by atoms with Crippen LogP contribution in [-0.4, -0.2) is 26.0 Å². The van der Waals surface area contributed by atoms with E-state index < -0.39 is 34.6 Å². The lowest BCUT2D eigenvalue weighted by atomic mass is 10.2. The molecule has 0 fully saturated rings. The number of hydrogen-bond acceptors (Lipinski definition) is 5. The van der Waals surface area contributed by atoms with Gasteiger partial charge in [-0.1, -0.05) is 0 Å². The van der Waals surface area contributed by atoms with Crippen LogP contribution in [0.2, 0.25) is 0 Å². The van der Waals surface area contributed by atoms with E-state index in [1.54, 1.807) is 13.0 Å². The predicted octanol–water partition coefficient (Wildman–Crippen LogP) is 2.57. The molecular formula is C13H7F5N6. The topological polar surface area (TPSA) is 67.5 Å². The molecule has 1 aromatic carbocycles. The van der Waals surface area contributed by atoms with Crippen LogP contribution >= 0.6 is 0 Å². The molecule has 0 atom stereocenters. The number of nitrogens with one attached hydrogen (secondary N) is 1. The van der Waals surface area contributed by atoms with Gasteiger partial charge in [0.1, 0.15) is 0 Å². The van der Waals surface area contributed by atoms with Crippen molar-refractivity contribution in [3.63, 3.8) is 0 Å². The Kier molecular flexibility index (Phi) is 3.83. The molecule has 0 aliphatic carbocycles. The van der Waals surface area contributed by atoms with Crippen LogP contribution in [0, 0.1) is 36.0 Å². The maximum Gasteiger partial charge on any atom is 0.200 e. The van der Waals surface area contributed by atoms with Crippen molar-refractivity contribution in [1.29, 1.82) is 0 Å². The van der Waals surface area contributed by atoms with Gasteiger partial charge < -0.3 is 0 Å². The monoisotopic (exact) mass is 342 g/mol. The second-order valence-electron chi connectivity index (χ2n) is 4.59. The van der Waals surface area contributed by atoms with E-state index in [-0.39, 0.29) is 5.82 Å². The number of fused-ring (bicyclic) bond motifs is 1. The summed E-state index contributed by atoms with van der Waals surface area (Å²) in [6.45, 7) is 1.65. The van der Waals surface area contributed by atoms with Crippen LogP contribution in [0.1, 0.15) is 11.4 Å². The summed E-state index contributed by atoms with van der Waals surface area (Å²) in [6.07, 6.45) is 0.473. The van der Waals surface area contributed by atoms with Crippen molar-refractivity contribution in [2.45, 2.75) is 6.92 Å². The third kappa shape index (κ3) is 2.53. The first-order valence-electron chi connectivity index (χ1n) is 6.39. The zero-order chi connectivity index (χ0) is 17.4. The second kappa shape index (κ2) is 5.83. The second-order valence-corrected chi connectivity index (χ2v) is 4.59. The summed E-state index contributed by atoms with van der Waals surface area (Å²) in [5, 5.41) is 15.1. The molecule has 0 bridgehead atoms. The van der Waals surface area contributed by atoms with E-state index in [1.165, 1.54) is 10.6 Å². The van der Waals surface area contributed by atoms with E-state index in [0.29, 0.717) is 17.7 Å². The summed E-state index contributed by atoms with van der Waals surface area (Å²) in [6, 6.07) is 2.99. The molecule has 2 heterocycles. The van der Waals surface area contributed by atoms with Gasteiger partial charge in [-0.15, -0.1) is 15.3 Å². The Hall–Kier alpha value is -3.11. The molecule has 6 nitrogen and oxygen atoms in total. The van der Waals surface area contributed by atoms with Crippen molar-refractivity contribution in [2.24, 2.45) is 5.10 Å². The Bertz CT molecular complexity index is 938. The molecule has 2 aromatic heterocycles. The Labute approximate surface area is 130 Å². The summed E-state index contributed by atoms with van der Waals surface area (Å²) in [7, 11) is 0. The van der Waals surface area contributed by atoms with Crippen LogP contribution in [-0.2, 0) is 0 Å². The number of rotatable bonds is 3. The van der Waals surface area contributed by atoms with E-state index in [1.807, 2.05) is 0 Å². The fourth-order valence-corrected chi connectivity index (χ4v) is 1.85. The SMILES string of the molecule is Cc1nnc2ccc(N/N=C/c3c(F)c(F)c(F)c(F)c3F)nn12. The summed E-state index contributed by atoms with van der Waals surface area (Å²) < 4.78 is 67.4. The largest absolute Gasteiger partial charge is 0.260 e. The molecule has 24 heavy (non-hydrogen) atoms. The number of halogens is 5. The zero-order valence-corrected chi connectivity index (χ0v) is 11.9. The number of hydrogen-bond donors (Lipinski definition) is 1. The maximum atomic E-state index is 13.5. The highest BCUT2D eigenvalue weighted by atomic mass is 19.2. The molecule has 0 aliphatic rings. The van der Waals surface area contributed by atoms with Gasteiger partial charge in [-0.05, 0) is 19.1 Å². The summed E-state index contributed by atoms with van der Waals surface area (Å²) in [5.74, 6) is -9.65. The minimum Gasteiger partial charge on any atom is -0.260 e. The lowest BCUT2D eigenvalue weighted by Crippen LogP contribution is -2.07. The van der Waals surface area contributed by atoms with Crippen LogP contribution < -0.4 is 5.43 Å². The van der Waals surface area contributed by atoms with Crippen molar-refractivity contribution in [3.8, 4) is 0 Å². The minimum absolute atomic E-state index is 0.144. The zero-order valence-electron chi connectivity index (χ0n) is 11.9. The van der Waals surface area contributed by atoms with Gasteiger partial charge in [-0.3, -0.25) is 5.43 Å². The molecule has 3 rings (SSSR count). The van der Waals surface area contributed by atoms with Crippen molar-refractivity contribution in [2.75, 3.05) is 5.43 Å². The molecule has 0 saturated heterocycles. The van der Waals surface area contributed by atoms with Crippen LogP contribution in [0.25, 0.3) is 5.65 Å². The number of nitrogens with zero attached hydrogens (tertiary/aromatic N) is 5. The third-order valence-corrected chi connectivity index (χ3v) is 3.04. The highest BCUT2D eigenvalue weighted by Gasteiger charge is 2.24. The van der Waals surface area contributed by atoms with Crippen LogP contribution in [0.3, 0.4) is 0 Å². The van der Waals surface area contributed by atoms with Gasteiger partial charge in [0.2, 0.25) is 5.82 Å². The summed E-state index contributed by atoms with van der Waals surface area (Å²) in [5.41, 5.74) is 1.61. The molecule has 0 radical (unpaired) electrons. The van der Waals surface area contributed by atoms with Gasteiger partial charge in [-0.2, -0.15) is 9.62 Å². The molecule has 0 amide bonds. The molecule has 0 aliphatic heterocycles. The number of anilines is 1. The number of aromatic nitrogens is 4. The highest BCUT2D eigenvalue weighted by Crippen LogP contribution is 2.21. The molecule has 3 aromatic rings. The third-order valence-electron chi connectivity index (χ3n) is 3.04. The molecule has 124 valence electrons. The van der Waals surface area contributed by atoms with Crippen LogP contribution in [0.5, 0.6) is 0 Å². The van der Waals surface area contributed by atoms with Gasteiger partial charge in [-0.25, -0.2) is 22.0 Å². The van der Waals surface area contributed by atoms with Crippen molar-refractivity contribution in [1.82, 2.24) is 19.8 Å². The lowest BCUT2D eigenvalue weighted by Gasteiger charge is -2.04. The normalized spacial score (nSPS) is 11.6. The van der Waals surface area contributed by atoms with Gasteiger partial charge in [0.05, 0.1) is 11.8 Å².